The number of aliphatic hydroxyl groups excluding tert-OH is 1. The van der Waals surface area contributed by atoms with E-state index in [1.807, 2.05) is 7.05 Å². The van der Waals surface area contributed by atoms with Crippen molar-refractivity contribution < 1.29 is 9.90 Å². The summed E-state index contributed by atoms with van der Waals surface area (Å²) in [7, 11) is 1.84. The molecule has 3 unspecified atom stereocenters. The second-order valence-electron chi connectivity index (χ2n) is 4.34. The Balaban J connectivity index is 2.04. The molecule has 1 aliphatic heterocycles. The summed E-state index contributed by atoms with van der Waals surface area (Å²) in [6, 6.07) is -0.0287. The Bertz CT molecular complexity index is 232. The van der Waals surface area contributed by atoms with Crippen LogP contribution in [0.15, 0.2) is 0 Å². The second-order valence-corrected chi connectivity index (χ2v) is 4.34. The number of carbonyl (C=O) groups is 1. The normalized spacial score (nSPS) is 36.6. The topological polar surface area (TPSA) is 52.6 Å². The van der Waals surface area contributed by atoms with E-state index in [2.05, 4.69) is 5.32 Å². The first-order chi connectivity index (χ1) is 6.76. The molecule has 0 bridgehead atoms. The molecule has 1 heterocycles. The largest absolute Gasteiger partial charge is 0.395 e. The van der Waals surface area contributed by atoms with Gasteiger partial charge in [0.05, 0.1) is 12.6 Å². The summed E-state index contributed by atoms with van der Waals surface area (Å²) in [5, 5.41) is 11.9. The van der Waals surface area contributed by atoms with Gasteiger partial charge in [-0.1, -0.05) is 0 Å². The van der Waals surface area contributed by atoms with Crippen LogP contribution in [-0.2, 0) is 4.79 Å². The molecule has 0 aromatic carbocycles. The van der Waals surface area contributed by atoms with E-state index in [1.54, 1.807) is 4.90 Å². The van der Waals surface area contributed by atoms with Gasteiger partial charge >= 0.3 is 0 Å². The zero-order valence-electron chi connectivity index (χ0n) is 8.57. The van der Waals surface area contributed by atoms with Crippen molar-refractivity contribution in [2.75, 3.05) is 26.7 Å². The van der Waals surface area contributed by atoms with Crippen molar-refractivity contribution in [2.24, 2.45) is 11.8 Å². The first-order valence-electron chi connectivity index (χ1n) is 5.33. The molecule has 1 aliphatic carbocycles. The summed E-state index contributed by atoms with van der Waals surface area (Å²) in [5.41, 5.74) is 0. The van der Waals surface area contributed by atoms with Gasteiger partial charge in [-0.25, -0.2) is 0 Å². The van der Waals surface area contributed by atoms with Crippen LogP contribution in [0.25, 0.3) is 0 Å². The Labute approximate surface area is 84.3 Å². The van der Waals surface area contributed by atoms with E-state index in [0.29, 0.717) is 12.5 Å². The average Bonchev–Trinajstić information content (AvgIpc) is 2.91. The van der Waals surface area contributed by atoms with Crippen LogP contribution in [0.2, 0.25) is 0 Å². The third-order valence-electron chi connectivity index (χ3n) is 3.39. The zero-order chi connectivity index (χ0) is 10.1. The Morgan fingerprint density at radius 2 is 2.29 bits per heavy atom. The molecule has 0 spiro atoms. The van der Waals surface area contributed by atoms with Crippen LogP contribution in [0.3, 0.4) is 0 Å². The van der Waals surface area contributed by atoms with Crippen LogP contribution in [0.5, 0.6) is 0 Å². The van der Waals surface area contributed by atoms with Crippen molar-refractivity contribution in [3.63, 3.8) is 0 Å². The predicted octanol–water partition coefficient (Wildman–Crippen LogP) is -0.565. The molecule has 80 valence electrons. The first kappa shape index (κ1) is 9.93. The number of aliphatic hydroxyl groups is 1. The van der Waals surface area contributed by atoms with Crippen molar-refractivity contribution in [3.8, 4) is 0 Å². The first-order valence-corrected chi connectivity index (χ1v) is 5.33. The number of β-amino-alcohol motifs (C(OH)–C–C–N with tert-alkyl or cyclic N) is 1. The van der Waals surface area contributed by atoms with Crippen LogP contribution >= 0.6 is 0 Å². The van der Waals surface area contributed by atoms with Gasteiger partial charge in [-0.2, -0.15) is 0 Å². The van der Waals surface area contributed by atoms with E-state index < -0.39 is 0 Å². The van der Waals surface area contributed by atoms with Crippen molar-refractivity contribution in [1.82, 2.24) is 10.2 Å². The van der Waals surface area contributed by atoms with Gasteiger partial charge in [-0.05, 0) is 31.7 Å². The highest BCUT2D eigenvalue weighted by molar-refractivity contribution is 5.82. The minimum Gasteiger partial charge on any atom is -0.395 e. The summed E-state index contributed by atoms with van der Waals surface area (Å²) in [6.07, 6.45) is 2.23. The Morgan fingerprint density at radius 3 is 2.93 bits per heavy atom. The lowest BCUT2D eigenvalue weighted by Crippen LogP contribution is -2.45. The van der Waals surface area contributed by atoms with Gasteiger partial charge in [0, 0.05) is 13.1 Å². The van der Waals surface area contributed by atoms with Gasteiger partial charge in [-0.3, -0.25) is 4.79 Å². The predicted molar refractivity (Wildman–Crippen MR) is 52.7 cm³/mol. The number of likely N-dealkylation sites (tertiary alicyclic amines) is 1. The summed E-state index contributed by atoms with van der Waals surface area (Å²) in [5.74, 6) is 1.60. The zero-order valence-corrected chi connectivity index (χ0v) is 8.57. The SMILES string of the molecule is CNC1CC2CC2CN(CCO)C1=O. The summed E-state index contributed by atoms with van der Waals surface area (Å²) < 4.78 is 0. The van der Waals surface area contributed by atoms with Gasteiger partial charge in [0.15, 0.2) is 0 Å². The Kier molecular flexibility index (Phi) is 2.74. The molecule has 1 amide bonds. The van der Waals surface area contributed by atoms with Gasteiger partial charge in [0.2, 0.25) is 5.91 Å². The second kappa shape index (κ2) is 3.87. The Hall–Kier alpha value is -0.610. The third kappa shape index (κ3) is 1.77. The minimum atomic E-state index is -0.0287. The van der Waals surface area contributed by atoms with Crippen molar-refractivity contribution >= 4 is 5.91 Å². The number of nitrogens with zero attached hydrogens (tertiary/aromatic N) is 1. The Morgan fingerprint density at radius 1 is 1.50 bits per heavy atom. The van der Waals surface area contributed by atoms with Gasteiger partial charge in [0.25, 0.3) is 0 Å². The lowest BCUT2D eigenvalue weighted by molar-refractivity contribution is -0.133. The molecule has 1 saturated carbocycles. The fourth-order valence-electron chi connectivity index (χ4n) is 2.38. The maximum absolute atomic E-state index is 11.9. The number of amides is 1. The highest BCUT2D eigenvalue weighted by Gasteiger charge is 2.44. The molecule has 3 atom stereocenters. The standard InChI is InChI=1S/C10H18N2O2/c1-11-9-5-7-4-8(7)6-12(2-3-13)10(9)14/h7-9,11,13H,2-6H2,1H3. The molecular weight excluding hydrogens is 180 g/mol. The summed E-state index contributed by atoms with van der Waals surface area (Å²) in [6.45, 7) is 1.40. The van der Waals surface area contributed by atoms with E-state index in [9.17, 15) is 4.79 Å². The molecular formula is C10H18N2O2. The smallest absolute Gasteiger partial charge is 0.239 e. The van der Waals surface area contributed by atoms with Gasteiger partial charge < -0.3 is 15.3 Å². The molecule has 1 saturated heterocycles. The number of hydrogen-bond acceptors (Lipinski definition) is 3. The van der Waals surface area contributed by atoms with Gasteiger partial charge in [0.1, 0.15) is 0 Å². The van der Waals surface area contributed by atoms with Crippen molar-refractivity contribution in [2.45, 2.75) is 18.9 Å². The molecule has 4 nitrogen and oxygen atoms in total. The van der Waals surface area contributed by atoms with E-state index >= 15 is 0 Å². The number of nitrogens with one attached hydrogen (secondary N) is 1. The molecule has 2 rings (SSSR count). The molecule has 2 aliphatic rings. The fourth-order valence-corrected chi connectivity index (χ4v) is 2.38. The van der Waals surface area contributed by atoms with E-state index in [1.165, 1.54) is 6.42 Å². The molecule has 2 fully saturated rings. The maximum Gasteiger partial charge on any atom is 0.239 e. The van der Waals surface area contributed by atoms with Crippen LogP contribution in [0.1, 0.15) is 12.8 Å². The molecule has 14 heavy (non-hydrogen) atoms. The van der Waals surface area contributed by atoms with Crippen molar-refractivity contribution in [3.05, 3.63) is 0 Å². The van der Waals surface area contributed by atoms with Crippen LogP contribution in [0.4, 0.5) is 0 Å². The number of likely N-dealkylation sites (N-methyl/N-ethyl adjacent to an activating group) is 1. The van der Waals surface area contributed by atoms with E-state index in [0.717, 1.165) is 18.9 Å². The number of fused-ring (bicyclic) bond motifs is 1. The van der Waals surface area contributed by atoms with Crippen LogP contribution in [-0.4, -0.2) is 48.7 Å². The third-order valence-corrected chi connectivity index (χ3v) is 3.39. The quantitative estimate of drug-likeness (QED) is 0.639. The molecule has 0 radical (unpaired) electrons. The highest BCUT2D eigenvalue weighted by Crippen LogP contribution is 2.44. The maximum atomic E-state index is 11.9. The van der Waals surface area contributed by atoms with Crippen LogP contribution in [0, 0.1) is 11.8 Å². The summed E-state index contributed by atoms with van der Waals surface area (Å²) in [4.78, 5) is 13.7. The lowest BCUT2D eigenvalue weighted by atomic mass is 10.1. The summed E-state index contributed by atoms with van der Waals surface area (Å²) >= 11 is 0. The molecule has 2 N–H and O–H groups in total. The van der Waals surface area contributed by atoms with E-state index in [-0.39, 0.29) is 18.6 Å². The molecule has 0 aromatic heterocycles. The number of hydrogen-bond donors (Lipinski definition) is 2. The number of carbonyl (C=O) groups excluding carboxylic acids is 1. The molecule has 0 aromatic rings. The van der Waals surface area contributed by atoms with Crippen molar-refractivity contribution in [1.29, 1.82) is 0 Å². The monoisotopic (exact) mass is 198 g/mol. The average molecular weight is 198 g/mol. The number of rotatable bonds is 3. The van der Waals surface area contributed by atoms with E-state index in [4.69, 9.17) is 5.11 Å². The lowest BCUT2D eigenvalue weighted by Gasteiger charge is -2.24. The highest BCUT2D eigenvalue weighted by atomic mass is 16.3. The van der Waals surface area contributed by atoms with Gasteiger partial charge in [-0.15, -0.1) is 0 Å². The minimum absolute atomic E-state index is 0.0287. The fraction of sp³-hybridized carbons (Fsp3) is 0.900. The van der Waals surface area contributed by atoms with Crippen LogP contribution < -0.4 is 5.32 Å². The molecule has 4 heteroatoms.